The predicted molar refractivity (Wildman–Crippen MR) is 127 cm³/mol. The highest BCUT2D eigenvalue weighted by Crippen LogP contribution is 2.16. The molecule has 0 saturated heterocycles. The predicted octanol–water partition coefficient (Wildman–Crippen LogP) is 0.865. The van der Waals surface area contributed by atoms with Crippen LogP contribution in [0.1, 0.15) is 17.5 Å². The number of nitrogens with one attached hydrogen (secondary N) is 2. The van der Waals surface area contributed by atoms with E-state index in [2.05, 4.69) is 10.6 Å². The third kappa shape index (κ3) is 9.46. The SMILES string of the molecule is COCCNC(=O)C(C#N)=Cc1cccc(OCCC(=O)NC(Cc2ccccc2)B(O)O)c1. The standard InChI is InChI=1S/C24H28BN3O6/c1-33-13-11-27-24(30)20(17-26)14-19-8-5-9-21(15-19)34-12-10-23(29)28-22(25(31)32)16-18-6-3-2-4-7-18/h2-9,14-15,22,31-32H,10-13,16H2,1H3,(H,27,30)(H,28,29). The van der Waals surface area contributed by atoms with Gasteiger partial charge in [-0.05, 0) is 35.8 Å². The van der Waals surface area contributed by atoms with E-state index in [0.29, 0.717) is 24.5 Å². The molecule has 0 fully saturated rings. The Labute approximate surface area is 199 Å². The molecule has 0 heterocycles. The lowest BCUT2D eigenvalue weighted by molar-refractivity contribution is -0.122. The van der Waals surface area contributed by atoms with Crippen LogP contribution < -0.4 is 15.4 Å². The molecule has 1 unspecified atom stereocenters. The van der Waals surface area contributed by atoms with Gasteiger partial charge in [0.1, 0.15) is 17.4 Å². The Morgan fingerprint density at radius 3 is 2.59 bits per heavy atom. The molecule has 0 saturated carbocycles. The third-order valence-corrected chi connectivity index (χ3v) is 4.73. The van der Waals surface area contributed by atoms with Gasteiger partial charge in [0.25, 0.3) is 5.91 Å². The fourth-order valence-corrected chi connectivity index (χ4v) is 3.01. The molecular weight excluding hydrogens is 437 g/mol. The summed E-state index contributed by atoms with van der Waals surface area (Å²) in [6.07, 6.45) is 1.72. The fraction of sp³-hybridized carbons (Fsp3) is 0.292. The number of hydrogen-bond donors (Lipinski definition) is 4. The molecule has 178 valence electrons. The van der Waals surface area contributed by atoms with Gasteiger partial charge in [-0.15, -0.1) is 0 Å². The summed E-state index contributed by atoms with van der Waals surface area (Å²) < 4.78 is 10.5. The number of benzene rings is 2. The molecule has 2 rings (SSSR count). The van der Waals surface area contributed by atoms with Gasteiger partial charge in [0.2, 0.25) is 5.91 Å². The van der Waals surface area contributed by atoms with Gasteiger partial charge in [-0.25, -0.2) is 0 Å². The van der Waals surface area contributed by atoms with Crippen molar-refractivity contribution in [1.82, 2.24) is 10.6 Å². The Bertz CT molecular complexity index is 1010. The van der Waals surface area contributed by atoms with E-state index in [4.69, 9.17) is 9.47 Å². The molecule has 4 N–H and O–H groups in total. The minimum atomic E-state index is -1.70. The van der Waals surface area contributed by atoms with Crippen LogP contribution in [0.3, 0.4) is 0 Å². The third-order valence-electron chi connectivity index (χ3n) is 4.73. The van der Waals surface area contributed by atoms with E-state index in [1.165, 1.54) is 13.2 Å². The molecule has 34 heavy (non-hydrogen) atoms. The largest absolute Gasteiger partial charge is 0.493 e. The second-order valence-corrected chi connectivity index (χ2v) is 7.37. The summed E-state index contributed by atoms with van der Waals surface area (Å²) in [6, 6.07) is 17.8. The molecule has 0 aromatic heterocycles. The zero-order chi connectivity index (χ0) is 24.8. The summed E-state index contributed by atoms with van der Waals surface area (Å²) in [5.41, 5.74) is 1.40. The number of carbonyl (C=O) groups is 2. The van der Waals surface area contributed by atoms with Gasteiger partial charge in [-0.2, -0.15) is 5.26 Å². The van der Waals surface area contributed by atoms with E-state index in [0.717, 1.165) is 5.56 Å². The van der Waals surface area contributed by atoms with Gasteiger partial charge in [0, 0.05) is 13.7 Å². The Hall–Kier alpha value is -3.65. The number of ether oxygens (including phenoxy) is 2. The van der Waals surface area contributed by atoms with Crippen LogP contribution in [0.5, 0.6) is 5.75 Å². The van der Waals surface area contributed by atoms with Crippen molar-refractivity contribution in [2.24, 2.45) is 0 Å². The van der Waals surface area contributed by atoms with Crippen molar-refractivity contribution in [3.63, 3.8) is 0 Å². The summed E-state index contributed by atoms with van der Waals surface area (Å²) >= 11 is 0. The highest BCUT2D eigenvalue weighted by molar-refractivity contribution is 6.43. The van der Waals surface area contributed by atoms with Crippen LogP contribution in [-0.2, 0) is 20.7 Å². The average molecular weight is 465 g/mol. The van der Waals surface area contributed by atoms with Crippen molar-refractivity contribution in [2.75, 3.05) is 26.9 Å². The lowest BCUT2D eigenvalue weighted by Crippen LogP contribution is -2.48. The van der Waals surface area contributed by atoms with Gasteiger partial charge < -0.3 is 30.2 Å². The van der Waals surface area contributed by atoms with Crippen LogP contribution in [0, 0.1) is 11.3 Å². The molecule has 0 aliphatic carbocycles. The number of hydrogen-bond acceptors (Lipinski definition) is 7. The highest BCUT2D eigenvalue weighted by Gasteiger charge is 2.25. The molecule has 10 heteroatoms. The first-order valence-corrected chi connectivity index (χ1v) is 10.7. The molecule has 0 aliphatic rings. The number of carbonyl (C=O) groups excluding carboxylic acids is 2. The molecule has 2 amide bonds. The van der Waals surface area contributed by atoms with Crippen LogP contribution in [0.2, 0.25) is 0 Å². The maximum atomic E-state index is 12.3. The fourth-order valence-electron chi connectivity index (χ4n) is 3.01. The minimum absolute atomic E-state index is 0.00340. The molecular formula is C24H28BN3O6. The summed E-state index contributed by atoms with van der Waals surface area (Å²) in [5.74, 6) is -1.27. The first-order chi connectivity index (χ1) is 16.4. The van der Waals surface area contributed by atoms with E-state index >= 15 is 0 Å². The first kappa shape index (κ1) is 26.6. The van der Waals surface area contributed by atoms with Gasteiger partial charge in [-0.3, -0.25) is 9.59 Å². The number of rotatable bonds is 13. The van der Waals surface area contributed by atoms with Crippen molar-refractivity contribution in [1.29, 1.82) is 5.26 Å². The normalized spacial score (nSPS) is 11.8. The Balaban J connectivity index is 1.88. The summed E-state index contributed by atoms with van der Waals surface area (Å²) in [4.78, 5) is 24.3. The lowest BCUT2D eigenvalue weighted by Gasteiger charge is -2.18. The van der Waals surface area contributed by atoms with Gasteiger partial charge in [0.05, 0.1) is 25.6 Å². The Morgan fingerprint density at radius 2 is 1.91 bits per heavy atom. The molecule has 2 aromatic carbocycles. The zero-order valence-electron chi connectivity index (χ0n) is 18.9. The number of amides is 2. The van der Waals surface area contributed by atoms with E-state index in [1.807, 2.05) is 36.4 Å². The van der Waals surface area contributed by atoms with Crippen LogP contribution in [0.4, 0.5) is 0 Å². The summed E-state index contributed by atoms with van der Waals surface area (Å²) in [5, 5.41) is 33.7. The van der Waals surface area contributed by atoms with Crippen LogP contribution in [0.15, 0.2) is 60.2 Å². The second-order valence-electron chi connectivity index (χ2n) is 7.37. The van der Waals surface area contributed by atoms with Crippen molar-refractivity contribution >= 4 is 25.0 Å². The zero-order valence-corrected chi connectivity index (χ0v) is 18.9. The van der Waals surface area contributed by atoms with Crippen molar-refractivity contribution in [3.8, 4) is 11.8 Å². The number of nitrogens with zero attached hydrogens (tertiary/aromatic N) is 1. The van der Waals surface area contributed by atoms with Crippen molar-refractivity contribution in [3.05, 3.63) is 71.3 Å². The number of nitriles is 1. The summed E-state index contributed by atoms with van der Waals surface area (Å²) in [6.45, 7) is 0.686. The van der Waals surface area contributed by atoms with Crippen LogP contribution >= 0.6 is 0 Å². The van der Waals surface area contributed by atoms with Gasteiger partial charge >= 0.3 is 7.12 Å². The van der Waals surface area contributed by atoms with Crippen LogP contribution in [0.25, 0.3) is 6.08 Å². The minimum Gasteiger partial charge on any atom is -0.493 e. The van der Waals surface area contributed by atoms with E-state index in [-0.39, 0.29) is 30.9 Å². The monoisotopic (exact) mass is 465 g/mol. The molecule has 1 atom stereocenters. The van der Waals surface area contributed by atoms with Crippen molar-refractivity contribution in [2.45, 2.75) is 18.8 Å². The summed E-state index contributed by atoms with van der Waals surface area (Å²) in [7, 11) is -0.184. The molecule has 0 spiro atoms. The molecule has 0 radical (unpaired) electrons. The van der Waals surface area contributed by atoms with Crippen LogP contribution in [-0.4, -0.2) is 61.8 Å². The van der Waals surface area contributed by atoms with Gasteiger partial charge in [0.15, 0.2) is 0 Å². The van der Waals surface area contributed by atoms with E-state index in [9.17, 15) is 24.9 Å². The van der Waals surface area contributed by atoms with E-state index in [1.54, 1.807) is 24.3 Å². The van der Waals surface area contributed by atoms with E-state index < -0.39 is 19.0 Å². The molecule has 0 aliphatic heterocycles. The molecule has 9 nitrogen and oxygen atoms in total. The molecule has 0 bridgehead atoms. The molecule has 2 aromatic rings. The Kier molecular flexibility index (Phi) is 11.3. The van der Waals surface area contributed by atoms with Gasteiger partial charge in [-0.1, -0.05) is 42.5 Å². The lowest BCUT2D eigenvalue weighted by atomic mass is 9.76. The topological polar surface area (TPSA) is 141 Å². The first-order valence-electron chi connectivity index (χ1n) is 10.7. The average Bonchev–Trinajstić information content (AvgIpc) is 2.83. The van der Waals surface area contributed by atoms with Crippen molar-refractivity contribution < 1.29 is 29.1 Å². The quantitative estimate of drug-likeness (QED) is 0.149. The smallest absolute Gasteiger partial charge is 0.475 e. The number of methoxy groups -OCH3 is 1. The second kappa shape index (κ2) is 14.5. The maximum Gasteiger partial charge on any atom is 0.475 e. The Morgan fingerprint density at radius 1 is 1.15 bits per heavy atom. The maximum absolute atomic E-state index is 12.3. The highest BCUT2D eigenvalue weighted by atomic mass is 16.5.